The zero-order valence-corrected chi connectivity index (χ0v) is 8.68. The molecule has 0 spiro atoms. The Balaban J connectivity index is 3.12. The van der Waals surface area contributed by atoms with Crippen molar-refractivity contribution in [1.82, 2.24) is 10.2 Å². The molecule has 0 fully saturated rings. The summed E-state index contributed by atoms with van der Waals surface area (Å²) in [6, 6.07) is 0. The van der Waals surface area contributed by atoms with Crippen LogP contribution in [0.4, 0.5) is 0 Å². The second-order valence-corrected chi connectivity index (χ2v) is 4.34. The minimum Gasteiger partial charge on any atom is -0.282 e. The van der Waals surface area contributed by atoms with Gasteiger partial charge in [0.2, 0.25) is 0 Å². The van der Waals surface area contributed by atoms with Crippen LogP contribution in [0.5, 0.6) is 0 Å². The first-order valence-corrected chi connectivity index (χ1v) is 4.46. The van der Waals surface area contributed by atoms with Crippen LogP contribution >= 0.6 is 0 Å². The van der Waals surface area contributed by atoms with Gasteiger partial charge in [0.25, 0.3) is 0 Å². The molecule has 0 amide bonds. The van der Waals surface area contributed by atoms with Crippen LogP contribution in [0.25, 0.3) is 0 Å². The predicted molar refractivity (Wildman–Crippen MR) is 54.5 cm³/mol. The van der Waals surface area contributed by atoms with E-state index in [1.807, 2.05) is 13.1 Å². The van der Waals surface area contributed by atoms with Gasteiger partial charge in [0.1, 0.15) is 0 Å². The van der Waals surface area contributed by atoms with E-state index in [0.29, 0.717) is 0 Å². The first-order valence-electron chi connectivity index (χ1n) is 4.46. The number of aromatic nitrogens is 2. The average molecular weight is 176 g/mol. The molecule has 1 heterocycles. The fourth-order valence-corrected chi connectivity index (χ4v) is 1.31. The molecule has 13 heavy (non-hydrogen) atoms. The zero-order valence-electron chi connectivity index (χ0n) is 8.68. The van der Waals surface area contributed by atoms with Crippen LogP contribution < -0.4 is 0 Å². The number of hydrogen-bond acceptors (Lipinski definition) is 1. The zero-order chi connectivity index (χ0) is 10.1. The quantitative estimate of drug-likeness (QED) is 0.654. The molecule has 0 saturated heterocycles. The molecular formula is C11H16N2. The highest BCUT2D eigenvalue weighted by Crippen LogP contribution is 2.27. The van der Waals surface area contributed by atoms with Crippen molar-refractivity contribution in [2.24, 2.45) is 0 Å². The number of rotatable bonds is 1. The van der Waals surface area contributed by atoms with Gasteiger partial charge < -0.3 is 0 Å². The van der Waals surface area contributed by atoms with E-state index in [9.17, 15) is 0 Å². The number of terminal acetylenes is 1. The van der Waals surface area contributed by atoms with Crippen LogP contribution in [0.2, 0.25) is 0 Å². The van der Waals surface area contributed by atoms with Gasteiger partial charge in [-0.05, 0) is 6.92 Å². The summed E-state index contributed by atoms with van der Waals surface area (Å²) in [7, 11) is 0. The topological polar surface area (TPSA) is 28.7 Å². The molecule has 1 rings (SSSR count). The lowest BCUT2D eigenvalue weighted by Crippen LogP contribution is -2.15. The Kier molecular flexibility index (Phi) is 2.47. The lowest BCUT2D eigenvalue weighted by molar-refractivity contribution is 0.559. The van der Waals surface area contributed by atoms with Crippen molar-refractivity contribution in [3.8, 4) is 12.3 Å². The van der Waals surface area contributed by atoms with Crippen molar-refractivity contribution in [2.75, 3.05) is 0 Å². The third-order valence-electron chi connectivity index (χ3n) is 2.14. The number of H-pyrrole nitrogens is 1. The van der Waals surface area contributed by atoms with Crippen molar-refractivity contribution in [3.63, 3.8) is 0 Å². The highest BCUT2D eigenvalue weighted by molar-refractivity contribution is 5.31. The molecule has 1 aromatic heterocycles. The lowest BCUT2D eigenvalue weighted by atomic mass is 9.86. The average Bonchev–Trinajstić information content (AvgIpc) is 2.49. The summed E-state index contributed by atoms with van der Waals surface area (Å²) in [5, 5.41) is 7.05. The SMILES string of the molecule is C#CC(C)c1cn[nH]c1C(C)(C)C. The van der Waals surface area contributed by atoms with Crippen LogP contribution in [0.3, 0.4) is 0 Å². The summed E-state index contributed by atoms with van der Waals surface area (Å²) in [5.41, 5.74) is 2.35. The van der Waals surface area contributed by atoms with E-state index in [1.165, 1.54) is 0 Å². The maximum absolute atomic E-state index is 5.38. The Morgan fingerprint density at radius 2 is 2.15 bits per heavy atom. The standard InChI is InChI=1S/C11H16N2/c1-6-8(2)9-7-12-13-10(9)11(3,4)5/h1,7-8H,2-5H3,(H,12,13). The van der Waals surface area contributed by atoms with Gasteiger partial charge in [-0.25, -0.2) is 0 Å². The van der Waals surface area contributed by atoms with E-state index in [0.717, 1.165) is 11.3 Å². The van der Waals surface area contributed by atoms with Gasteiger partial charge in [-0.15, -0.1) is 6.42 Å². The van der Waals surface area contributed by atoms with Crippen LogP contribution in [0.15, 0.2) is 6.20 Å². The Hall–Kier alpha value is -1.23. The molecule has 0 bridgehead atoms. The van der Waals surface area contributed by atoms with Crippen molar-refractivity contribution in [2.45, 2.75) is 39.0 Å². The Labute approximate surface area is 79.7 Å². The van der Waals surface area contributed by atoms with Crippen LogP contribution in [-0.2, 0) is 5.41 Å². The summed E-state index contributed by atoms with van der Waals surface area (Å²) >= 11 is 0. The van der Waals surface area contributed by atoms with Crippen molar-refractivity contribution < 1.29 is 0 Å². The van der Waals surface area contributed by atoms with E-state index >= 15 is 0 Å². The largest absolute Gasteiger partial charge is 0.282 e. The molecule has 2 nitrogen and oxygen atoms in total. The van der Waals surface area contributed by atoms with Gasteiger partial charge in [0.15, 0.2) is 0 Å². The highest BCUT2D eigenvalue weighted by atomic mass is 15.1. The minimum atomic E-state index is 0.0803. The molecule has 1 N–H and O–H groups in total. The third-order valence-corrected chi connectivity index (χ3v) is 2.14. The van der Waals surface area contributed by atoms with Gasteiger partial charge in [-0.2, -0.15) is 5.10 Å². The van der Waals surface area contributed by atoms with Gasteiger partial charge >= 0.3 is 0 Å². The van der Waals surface area contributed by atoms with Crippen molar-refractivity contribution in [1.29, 1.82) is 0 Å². The molecule has 0 radical (unpaired) electrons. The van der Waals surface area contributed by atoms with Gasteiger partial charge in [0.05, 0.1) is 6.20 Å². The van der Waals surface area contributed by atoms with Gasteiger partial charge in [-0.3, -0.25) is 5.10 Å². The van der Waals surface area contributed by atoms with Crippen LogP contribution in [0, 0.1) is 12.3 Å². The first kappa shape index (κ1) is 9.85. The van der Waals surface area contributed by atoms with E-state index in [4.69, 9.17) is 6.42 Å². The lowest BCUT2D eigenvalue weighted by Gasteiger charge is -2.19. The number of nitrogens with one attached hydrogen (secondary N) is 1. The van der Waals surface area contributed by atoms with E-state index in [-0.39, 0.29) is 11.3 Å². The number of hydrogen-bond donors (Lipinski definition) is 1. The highest BCUT2D eigenvalue weighted by Gasteiger charge is 2.21. The predicted octanol–water partition coefficient (Wildman–Crippen LogP) is 2.44. The maximum Gasteiger partial charge on any atom is 0.0534 e. The Morgan fingerprint density at radius 3 is 2.62 bits per heavy atom. The molecule has 0 aliphatic heterocycles. The molecule has 0 saturated carbocycles. The molecule has 0 aliphatic carbocycles. The van der Waals surface area contributed by atoms with E-state index in [1.54, 1.807) is 0 Å². The second kappa shape index (κ2) is 3.26. The molecule has 70 valence electrons. The van der Waals surface area contributed by atoms with E-state index < -0.39 is 0 Å². The van der Waals surface area contributed by atoms with Crippen molar-refractivity contribution >= 4 is 0 Å². The summed E-state index contributed by atoms with van der Waals surface area (Å²) < 4.78 is 0. The normalized spacial score (nSPS) is 13.8. The monoisotopic (exact) mass is 176 g/mol. The van der Waals surface area contributed by atoms with Crippen LogP contribution in [-0.4, -0.2) is 10.2 Å². The molecule has 0 aliphatic rings. The number of aromatic amines is 1. The van der Waals surface area contributed by atoms with E-state index in [2.05, 4.69) is 36.9 Å². The molecule has 0 aromatic carbocycles. The summed E-state index contributed by atoms with van der Waals surface area (Å²) in [6.07, 6.45) is 7.21. The van der Waals surface area contributed by atoms with Crippen LogP contribution in [0.1, 0.15) is 44.9 Å². The smallest absolute Gasteiger partial charge is 0.0534 e. The van der Waals surface area contributed by atoms with Crippen molar-refractivity contribution in [3.05, 3.63) is 17.5 Å². The molecule has 1 atom stereocenters. The third kappa shape index (κ3) is 1.92. The molecular weight excluding hydrogens is 160 g/mol. The Bertz CT molecular complexity index is 323. The van der Waals surface area contributed by atoms with Gasteiger partial charge in [-0.1, -0.05) is 26.7 Å². The summed E-state index contributed by atoms with van der Waals surface area (Å²) in [5.74, 6) is 2.85. The second-order valence-electron chi connectivity index (χ2n) is 4.34. The Morgan fingerprint density at radius 1 is 1.54 bits per heavy atom. The molecule has 2 heteroatoms. The molecule has 1 aromatic rings. The van der Waals surface area contributed by atoms with Gasteiger partial charge in [0, 0.05) is 22.6 Å². The maximum atomic E-state index is 5.38. The molecule has 1 unspecified atom stereocenters. The number of nitrogens with zero attached hydrogens (tertiary/aromatic N) is 1. The first-order chi connectivity index (χ1) is 5.96. The summed E-state index contributed by atoms with van der Waals surface area (Å²) in [4.78, 5) is 0. The summed E-state index contributed by atoms with van der Waals surface area (Å²) in [6.45, 7) is 8.45. The fraction of sp³-hybridized carbons (Fsp3) is 0.545. The minimum absolute atomic E-state index is 0.0803. The fourth-order valence-electron chi connectivity index (χ4n) is 1.31.